The predicted molar refractivity (Wildman–Crippen MR) is 41.7 cm³/mol. The van der Waals surface area contributed by atoms with Gasteiger partial charge in [0.1, 0.15) is 6.42 Å². The van der Waals surface area contributed by atoms with Gasteiger partial charge < -0.3 is 4.74 Å². The van der Waals surface area contributed by atoms with Crippen LogP contribution < -0.4 is 0 Å². The predicted octanol–water partition coefficient (Wildman–Crippen LogP) is 1.73. The van der Waals surface area contributed by atoms with Gasteiger partial charge in [0.25, 0.3) is 0 Å². The highest BCUT2D eigenvalue weighted by Gasteiger charge is 2.29. The molecule has 0 aliphatic rings. The molecule has 0 radical (unpaired) electrons. The van der Waals surface area contributed by atoms with E-state index < -0.39 is 30.0 Å². The standard InChI is InChI=1S/C7H9ClF2O3/c1-2-13-6(12)3-5(11)4-7(8,9)10/h2-4H2,1H3. The summed E-state index contributed by atoms with van der Waals surface area (Å²) in [5.74, 6) is -1.74. The number of hydrogen-bond acceptors (Lipinski definition) is 3. The number of halogens is 3. The molecule has 0 N–H and O–H groups in total. The van der Waals surface area contributed by atoms with Gasteiger partial charge in [-0.1, -0.05) is 0 Å². The lowest BCUT2D eigenvalue weighted by atomic mass is 10.2. The van der Waals surface area contributed by atoms with Crippen molar-refractivity contribution in [2.75, 3.05) is 6.61 Å². The zero-order valence-electron chi connectivity index (χ0n) is 6.98. The van der Waals surface area contributed by atoms with E-state index in [9.17, 15) is 18.4 Å². The number of rotatable bonds is 5. The summed E-state index contributed by atoms with van der Waals surface area (Å²) in [6.07, 6.45) is -1.80. The van der Waals surface area contributed by atoms with Crippen molar-refractivity contribution in [2.45, 2.75) is 25.1 Å². The van der Waals surface area contributed by atoms with Crippen molar-refractivity contribution in [1.82, 2.24) is 0 Å². The second-order valence-electron chi connectivity index (χ2n) is 2.31. The average Bonchev–Trinajstić information content (AvgIpc) is 1.81. The van der Waals surface area contributed by atoms with Gasteiger partial charge in [0.15, 0.2) is 5.78 Å². The molecule has 0 saturated heterocycles. The molecule has 76 valence electrons. The fourth-order valence-corrected chi connectivity index (χ4v) is 0.808. The molecule has 6 heteroatoms. The quantitative estimate of drug-likeness (QED) is 0.398. The third-order valence-corrected chi connectivity index (χ3v) is 1.18. The molecule has 0 aliphatic heterocycles. The minimum Gasteiger partial charge on any atom is -0.466 e. The summed E-state index contributed by atoms with van der Waals surface area (Å²) in [7, 11) is 0. The minimum atomic E-state index is -3.58. The van der Waals surface area contributed by atoms with Crippen molar-refractivity contribution in [3.63, 3.8) is 0 Å². The first-order chi connectivity index (χ1) is 5.85. The number of ketones is 1. The van der Waals surface area contributed by atoms with Crippen LogP contribution >= 0.6 is 11.6 Å². The van der Waals surface area contributed by atoms with Crippen LogP contribution in [0.2, 0.25) is 0 Å². The molecule has 0 bridgehead atoms. The number of hydrogen-bond donors (Lipinski definition) is 0. The normalized spacial score (nSPS) is 11.1. The Kier molecular flexibility index (Phi) is 4.83. The number of Topliss-reactive ketones (excluding diaryl/α,β-unsaturated/α-hetero) is 1. The van der Waals surface area contributed by atoms with Crippen molar-refractivity contribution in [1.29, 1.82) is 0 Å². The molecular weight excluding hydrogens is 206 g/mol. The van der Waals surface area contributed by atoms with E-state index in [1.54, 1.807) is 6.92 Å². The van der Waals surface area contributed by atoms with E-state index in [1.165, 1.54) is 0 Å². The molecule has 0 aliphatic carbocycles. The van der Waals surface area contributed by atoms with Crippen LogP contribution in [0.25, 0.3) is 0 Å². The van der Waals surface area contributed by atoms with Crippen molar-refractivity contribution in [3.8, 4) is 0 Å². The first-order valence-corrected chi connectivity index (χ1v) is 3.97. The van der Waals surface area contributed by atoms with Crippen molar-refractivity contribution in [2.24, 2.45) is 0 Å². The fourth-order valence-electron chi connectivity index (χ4n) is 0.659. The van der Waals surface area contributed by atoms with Gasteiger partial charge in [0.2, 0.25) is 0 Å². The molecule has 0 aromatic heterocycles. The summed E-state index contributed by atoms with van der Waals surface area (Å²) >= 11 is 4.48. The highest BCUT2D eigenvalue weighted by Crippen LogP contribution is 2.23. The lowest BCUT2D eigenvalue weighted by Gasteiger charge is -2.05. The average molecular weight is 215 g/mol. The Labute approximate surface area is 79.0 Å². The SMILES string of the molecule is CCOC(=O)CC(=O)CC(F)(F)Cl. The van der Waals surface area contributed by atoms with Gasteiger partial charge in [0, 0.05) is 0 Å². The van der Waals surface area contributed by atoms with E-state index in [1.807, 2.05) is 0 Å². The maximum absolute atomic E-state index is 12.0. The van der Waals surface area contributed by atoms with Crippen molar-refractivity contribution >= 4 is 23.4 Å². The number of ether oxygens (including phenoxy) is 1. The first-order valence-electron chi connectivity index (χ1n) is 3.59. The van der Waals surface area contributed by atoms with Gasteiger partial charge in [-0.05, 0) is 18.5 Å². The molecule has 0 rings (SSSR count). The van der Waals surface area contributed by atoms with Crippen LogP contribution in [0.15, 0.2) is 0 Å². The number of esters is 1. The third kappa shape index (κ3) is 7.64. The van der Waals surface area contributed by atoms with Gasteiger partial charge in [-0.15, -0.1) is 0 Å². The second-order valence-corrected chi connectivity index (χ2v) is 2.87. The molecule has 0 unspecified atom stereocenters. The molecular formula is C7H9ClF2O3. The van der Waals surface area contributed by atoms with Gasteiger partial charge in [-0.2, -0.15) is 8.78 Å². The molecule has 0 aromatic rings. The Bertz CT molecular complexity index is 200. The Morgan fingerprint density at radius 1 is 1.46 bits per heavy atom. The summed E-state index contributed by atoms with van der Waals surface area (Å²) in [5.41, 5.74) is 0. The number of carbonyl (C=O) groups excluding carboxylic acids is 2. The largest absolute Gasteiger partial charge is 0.466 e. The van der Waals surface area contributed by atoms with Gasteiger partial charge in [0.05, 0.1) is 13.0 Å². The zero-order valence-corrected chi connectivity index (χ0v) is 7.74. The molecule has 0 heterocycles. The molecule has 13 heavy (non-hydrogen) atoms. The summed E-state index contributed by atoms with van der Waals surface area (Å²) < 4.78 is 28.4. The molecule has 0 saturated carbocycles. The Morgan fingerprint density at radius 3 is 2.38 bits per heavy atom. The van der Waals surface area contributed by atoms with Gasteiger partial charge >= 0.3 is 11.4 Å². The topological polar surface area (TPSA) is 43.4 Å². The third-order valence-electron chi connectivity index (χ3n) is 1.04. The van der Waals surface area contributed by atoms with E-state index in [0.717, 1.165) is 0 Å². The van der Waals surface area contributed by atoms with E-state index in [4.69, 9.17) is 0 Å². The van der Waals surface area contributed by atoms with Crippen molar-refractivity contribution in [3.05, 3.63) is 0 Å². The smallest absolute Gasteiger partial charge is 0.328 e. The Hall–Kier alpha value is -0.710. The lowest BCUT2D eigenvalue weighted by molar-refractivity contribution is -0.146. The van der Waals surface area contributed by atoms with E-state index in [2.05, 4.69) is 16.3 Å². The Morgan fingerprint density at radius 2 is 2.00 bits per heavy atom. The maximum atomic E-state index is 12.0. The molecule has 0 fully saturated rings. The molecule has 0 atom stereocenters. The van der Waals surface area contributed by atoms with Crippen LogP contribution in [0.1, 0.15) is 19.8 Å². The molecule has 0 amide bonds. The Balaban J connectivity index is 3.82. The zero-order chi connectivity index (χ0) is 10.5. The van der Waals surface area contributed by atoms with Crippen LogP contribution in [-0.4, -0.2) is 23.7 Å². The van der Waals surface area contributed by atoms with E-state index >= 15 is 0 Å². The van der Waals surface area contributed by atoms with Crippen LogP contribution in [0.4, 0.5) is 8.78 Å². The highest BCUT2D eigenvalue weighted by molar-refractivity contribution is 6.23. The number of alkyl halides is 3. The summed E-state index contributed by atoms with van der Waals surface area (Å²) in [4.78, 5) is 21.3. The van der Waals surface area contributed by atoms with E-state index in [0.29, 0.717) is 0 Å². The van der Waals surface area contributed by atoms with Gasteiger partial charge in [-0.3, -0.25) is 9.59 Å². The van der Waals surface area contributed by atoms with Gasteiger partial charge in [-0.25, -0.2) is 0 Å². The van der Waals surface area contributed by atoms with Crippen LogP contribution in [0.5, 0.6) is 0 Å². The van der Waals surface area contributed by atoms with Crippen LogP contribution in [-0.2, 0) is 14.3 Å². The molecule has 3 nitrogen and oxygen atoms in total. The van der Waals surface area contributed by atoms with Crippen LogP contribution in [0, 0.1) is 0 Å². The summed E-state index contributed by atoms with van der Waals surface area (Å²) in [6.45, 7) is 1.67. The molecule has 0 aromatic carbocycles. The summed E-state index contributed by atoms with van der Waals surface area (Å²) in [5, 5.41) is -3.58. The summed E-state index contributed by atoms with van der Waals surface area (Å²) in [6, 6.07) is 0. The first kappa shape index (κ1) is 12.3. The highest BCUT2D eigenvalue weighted by atomic mass is 35.5. The second kappa shape index (κ2) is 5.11. The fraction of sp³-hybridized carbons (Fsp3) is 0.714. The van der Waals surface area contributed by atoms with E-state index in [-0.39, 0.29) is 6.61 Å². The molecule has 0 spiro atoms. The van der Waals surface area contributed by atoms with Crippen LogP contribution in [0.3, 0.4) is 0 Å². The van der Waals surface area contributed by atoms with Crippen molar-refractivity contribution < 1.29 is 23.1 Å². The maximum Gasteiger partial charge on any atom is 0.328 e. The minimum absolute atomic E-state index is 0.114. The monoisotopic (exact) mass is 214 g/mol. The number of carbonyl (C=O) groups is 2. The lowest BCUT2D eigenvalue weighted by Crippen LogP contribution is -2.17.